The van der Waals surface area contributed by atoms with Gasteiger partial charge in [0.1, 0.15) is 18.1 Å². The molecule has 0 radical (unpaired) electrons. The molecule has 7 heteroatoms. The topological polar surface area (TPSA) is 82.2 Å². The van der Waals surface area contributed by atoms with Gasteiger partial charge in [-0.2, -0.15) is 5.10 Å². The van der Waals surface area contributed by atoms with Gasteiger partial charge in [-0.25, -0.2) is 0 Å². The maximum atomic E-state index is 12.7. The highest BCUT2D eigenvalue weighted by atomic mass is 16.5. The predicted molar refractivity (Wildman–Crippen MR) is 117 cm³/mol. The maximum absolute atomic E-state index is 12.7. The lowest BCUT2D eigenvalue weighted by molar-refractivity contribution is 0.102. The zero-order valence-corrected chi connectivity index (χ0v) is 17.8. The summed E-state index contributed by atoms with van der Waals surface area (Å²) in [4.78, 5) is 12.7. The smallest absolute Gasteiger partial charge is 0.256 e. The average Bonchev–Trinajstić information content (AvgIpc) is 3.28. The number of ether oxygens (including phenoxy) is 1. The van der Waals surface area contributed by atoms with Crippen LogP contribution in [-0.4, -0.2) is 20.8 Å². The first-order valence-corrected chi connectivity index (χ1v) is 10.0. The summed E-state index contributed by atoms with van der Waals surface area (Å²) in [5.41, 5.74) is 4.32. The van der Waals surface area contributed by atoms with E-state index in [4.69, 9.17) is 9.26 Å². The van der Waals surface area contributed by atoms with Gasteiger partial charge in [-0.05, 0) is 44.5 Å². The van der Waals surface area contributed by atoms with Gasteiger partial charge in [-0.1, -0.05) is 41.6 Å². The first kappa shape index (κ1) is 20.4. The summed E-state index contributed by atoms with van der Waals surface area (Å²) in [5.74, 6) is 1.60. The molecule has 0 atom stereocenters. The number of carbonyl (C=O) groups is 1. The zero-order chi connectivity index (χ0) is 21.8. The van der Waals surface area contributed by atoms with Crippen LogP contribution in [0.5, 0.6) is 5.75 Å². The first-order chi connectivity index (χ1) is 15.0. The molecule has 0 fully saturated rings. The molecule has 7 nitrogen and oxygen atoms in total. The van der Waals surface area contributed by atoms with Crippen LogP contribution in [-0.2, 0) is 13.2 Å². The van der Waals surface area contributed by atoms with Crippen molar-refractivity contribution in [1.82, 2.24) is 14.9 Å². The van der Waals surface area contributed by atoms with Crippen molar-refractivity contribution in [1.29, 1.82) is 0 Å². The number of nitrogens with one attached hydrogen (secondary N) is 1. The molecule has 2 heterocycles. The Morgan fingerprint density at radius 1 is 1.06 bits per heavy atom. The van der Waals surface area contributed by atoms with E-state index in [0.717, 1.165) is 28.3 Å². The third-order valence-corrected chi connectivity index (χ3v) is 5.06. The van der Waals surface area contributed by atoms with Gasteiger partial charge in [-0.15, -0.1) is 0 Å². The Bertz CT molecular complexity index is 1180. The minimum Gasteiger partial charge on any atom is -0.489 e. The summed E-state index contributed by atoms with van der Waals surface area (Å²) in [7, 11) is 0. The summed E-state index contributed by atoms with van der Waals surface area (Å²) in [6.07, 6.45) is 0. The van der Waals surface area contributed by atoms with E-state index in [0.29, 0.717) is 30.3 Å². The average molecular weight is 416 g/mol. The lowest BCUT2D eigenvalue weighted by atomic mass is 10.2. The van der Waals surface area contributed by atoms with E-state index in [-0.39, 0.29) is 5.91 Å². The third kappa shape index (κ3) is 4.83. The minimum atomic E-state index is -0.243. The second kappa shape index (κ2) is 8.87. The fourth-order valence-corrected chi connectivity index (χ4v) is 3.27. The Labute approximate surface area is 180 Å². The van der Waals surface area contributed by atoms with Crippen LogP contribution < -0.4 is 10.1 Å². The predicted octanol–water partition coefficient (Wildman–Crippen LogP) is 4.68. The Hall–Kier alpha value is -3.87. The number of rotatable bonds is 7. The van der Waals surface area contributed by atoms with Crippen molar-refractivity contribution in [2.24, 2.45) is 0 Å². The largest absolute Gasteiger partial charge is 0.489 e. The number of hydrogen-bond donors (Lipinski definition) is 1. The normalized spacial score (nSPS) is 10.8. The Balaban J connectivity index is 1.42. The summed E-state index contributed by atoms with van der Waals surface area (Å²) in [6, 6.07) is 19.0. The highest BCUT2D eigenvalue weighted by Crippen LogP contribution is 2.19. The Morgan fingerprint density at radius 2 is 1.87 bits per heavy atom. The molecule has 0 saturated carbocycles. The van der Waals surface area contributed by atoms with E-state index in [9.17, 15) is 4.79 Å². The number of aryl methyl sites for hydroxylation is 3. The molecule has 31 heavy (non-hydrogen) atoms. The summed E-state index contributed by atoms with van der Waals surface area (Å²) in [5, 5.41) is 11.3. The molecular weight excluding hydrogens is 392 g/mol. The van der Waals surface area contributed by atoms with Gasteiger partial charge < -0.3 is 14.6 Å². The zero-order valence-electron chi connectivity index (χ0n) is 17.8. The van der Waals surface area contributed by atoms with Crippen molar-refractivity contribution < 1.29 is 14.1 Å². The number of carbonyl (C=O) groups excluding carboxylic acids is 1. The van der Waals surface area contributed by atoms with Crippen molar-refractivity contribution in [3.63, 3.8) is 0 Å². The van der Waals surface area contributed by atoms with E-state index in [1.54, 1.807) is 18.2 Å². The van der Waals surface area contributed by atoms with E-state index in [2.05, 4.69) is 15.6 Å². The highest BCUT2D eigenvalue weighted by Gasteiger charge is 2.13. The number of hydrogen-bond acceptors (Lipinski definition) is 5. The monoisotopic (exact) mass is 416 g/mol. The molecule has 0 aliphatic heterocycles. The van der Waals surface area contributed by atoms with Crippen LogP contribution >= 0.6 is 0 Å². The van der Waals surface area contributed by atoms with Gasteiger partial charge >= 0.3 is 0 Å². The molecule has 4 rings (SSSR count). The van der Waals surface area contributed by atoms with Crippen molar-refractivity contribution in [3.8, 4) is 5.75 Å². The van der Waals surface area contributed by atoms with Crippen LogP contribution in [0.15, 0.2) is 65.2 Å². The lowest BCUT2D eigenvalue weighted by Crippen LogP contribution is -2.13. The minimum absolute atomic E-state index is 0.243. The van der Waals surface area contributed by atoms with Crippen LogP contribution in [0.1, 0.15) is 38.6 Å². The number of nitrogens with zero attached hydrogens (tertiary/aromatic N) is 3. The van der Waals surface area contributed by atoms with Crippen molar-refractivity contribution in [3.05, 3.63) is 94.5 Å². The van der Waals surface area contributed by atoms with E-state index in [1.807, 2.05) is 67.9 Å². The maximum Gasteiger partial charge on any atom is 0.256 e. The molecule has 1 amide bonds. The fraction of sp³-hybridized carbons (Fsp3) is 0.208. The second-order valence-corrected chi connectivity index (χ2v) is 7.39. The van der Waals surface area contributed by atoms with E-state index < -0.39 is 0 Å². The molecule has 0 spiro atoms. The molecule has 1 N–H and O–H groups in total. The van der Waals surface area contributed by atoms with Gasteiger partial charge in [0.15, 0.2) is 5.82 Å². The number of anilines is 1. The van der Waals surface area contributed by atoms with Gasteiger partial charge in [0.05, 0.1) is 17.8 Å². The van der Waals surface area contributed by atoms with Crippen LogP contribution in [0.4, 0.5) is 5.82 Å². The quantitative estimate of drug-likeness (QED) is 0.473. The summed E-state index contributed by atoms with van der Waals surface area (Å²) >= 11 is 0. The summed E-state index contributed by atoms with van der Waals surface area (Å²) in [6.45, 7) is 6.66. The van der Waals surface area contributed by atoms with E-state index in [1.165, 1.54) is 0 Å². The van der Waals surface area contributed by atoms with Crippen molar-refractivity contribution in [2.45, 2.75) is 33.9 Å². The van der Waals surface area contributed by atoms with Gasteiger partial charge in [0, 0.05) is 17.3 Å². The van der Waals surface area contributed by atoms with E-state index >= 15 is 0 Å². The standard InChI is InChI=1S/C24H24N4O3/c1-16-12-23(26-28(16)14-19-8-5-4-6-9-19)25-24(29)20-10-7-11-21(13-20)30-15-22-17(2)27-31-18(22)3/h4-13H,14-15H2,1-3H3,(H,25,26,29). The molecule has 158 valence electrons. The second-order valence-electron chi connectivity index (χ2n) is 7.39. The van der Waals surface area contributed by atoms with Gasteiger partial charge in [-0.3, -0.25) is 9.48 Å². The number of amides is 1. The molecule has 0 unspecified atom stereocenters. The molecule has 0 aliphatic rings. The molecular formula is C24H24N4O3. The molecule has 2 aromatic heterocycles. The molecule has 0 bridgehead atoms. The van der Waals surface area contributed by atoms with Crippen molar-refractivity contribution in [2.75, 3.05) is 5.32 Å². The van der Waals surface area contributed by atoms with Crippen molar-refractivity contribution >= 4 is 11.7 Å². The van der Waals surface area contributed by atoms with Crippen LogP contribution in [0.3, 0.4) is 0 Å². The number of benzene rings is 2. The Morgan fingerprint density at radius 3 is 2.61 bits per heavy atom. The Kier molecular flexibility index (Phi) is 5.84. The molecule has 0 aliphatic carbocycles. The fourth-order valence-electron chi connectivity index (χ4n) is 3.27. The van der Waals surface area contributed by atoms with Gasteiger partial charge in [0.2, 0.25) is 0 Å². The van der Waals surface area contributed by atoms with Crippen LogP contribution in [0.2, 0.25) is 0 Å². The van der Waals surface area contributed by atoms with Crippen LogP contribution in [0, 0.1) is 20.8 Å². The molecule has 0 saturated heterocycles. The molecule has 4 aromatic rings. The SMILES string of the molecule is Cc1noc(C)c1COc1cccc(C(=O)Nc2cc(C)n(Cc3ccccc3)n2)c1. The lowest BCUT2D eigenvalue weighted by Gasteiger charge is -2.08. The highest BCUT2D eigenvalue weighted by molar-refractivity contribution is 6.04. The third-order valence-electron chi connectivity index (χ3n) is 5.06. The molecule has 2 aromatic carbocycles. The van der Waals surface area contributed by atoms with Gasteiger partial charge in [0.25, 0.3) is 5.91 Å². The first-order valence-electron chi connectivity index (χ1n) is 10.0. The van der Waals surface area contributed by atoms with Crippen LogP contribution in [0.25, 0.3) is 0 Å². The summed E-state index contributed by atoms with van der Waals surface area (Å²) < 4.78 is 12.9. The number of aromatic nitrogens is 3.